The third-order valence-electron chi connectivity index (χ3n) is 12.9. The van der Waals surface area contributed by atoms with E-state index in [1.165, 1.54) is 51.3 Å². The smallest absolute Gasteiger partial charge is 0.271 e. The zero-order chi connectivity index (χ0) is 57.1. The fraction of sp³-hybridized carbons (Fsp3) is 0.380. The van der Waals surface area contributed by atoms with Gasteiger partial charge in [-0.3, -0.25) is 38.4 Å². The summed E-state index contributed by atoms with van der Waals surface area (Å²) in [6, 6.07) is -0.959. The van der Waals surface area contributed by atoms with E-state index in [1.54, 1.807) is 35.2 Å². The van der Waals surface area contributed by atoms with Crippen molar-refractivity contribution in [3.8, 4) is 43.4 Å². The van der Waals surface area contributed by atoms with Gasteiger partial charge in [0, 0.05) is 50.9 Å². The molecule has 0 aromatic carbocycles. The van der Waals surface area contributed by atoms with Crippen LogP contribution in [0, 0.1) is 18.8 Å². The summed E-state index contributed by atoms with van der Waals surface area (Å²) in [5.74, 6) is -4.97. The molecule has 8 amide bonds. The van der Waals surface area contributed by atoms with E-state index >= 15 is 0 Å². The molecule has 0 radical (unpaired) electrons. The molecule has 7 aromatic heterocycles. The summed E-state index contributed by atoms with van der Waals surface area (Å²) in [5, 5.41) is 37.6. The number of nitrogens with one attached hydrogen (secondary N) is 6. The van der Waals surface area contributed by atoms with Crippen molar-refractivity contribution in [2.75, 3.05) is 26.7 Å². The minimum absolute atomic E-state index is 0.0132. The molecule has 0 saturated carbocycles. The number of pyridine rings is 1. The van der Waals surface area contributed by atoms with Crippen LogP contribution in [0.15, 0.2) is 39.0 Å². The maximum absolute atomic E-state index is 14.2. The number of fused-ring (bicyclic) bond motifs is 14. The van der Waals surface area contributed by atoms with E-state index in [-0.39, 0.29) is 54.1 Å². The van der Waals surface area contributed by atoms with E-state index in [2.05, 4.69) is 46.9 Å². The predicted octanol–water partition coefficient (Wildman–Crippen LogP) is 4.66. The number of aliphatic hydroxyl groups excluding tert-OH is 1. The Morgan fingerprint density at radius 3 is 2.06 bits per heavy atom. The van der Waals surface area contributed by atoms with Crippen LogP contribution in [0.5, 0.6) is 0 Å². The Bertz CT molecular complexity index is 3530. The van der Waals surface area contributed by atoms with Gasteiger partial charge in [-0.25, -0.2) is 34.9 Å². The maximum Gasteiger partial charge on any atom is 0.271 e. The first-order chi connectivity index (χ1) is 38.3. The molecule has 10 bridgehead atoms. The number of hydrogen-bond donors (Lipinski definition) is 8. The molecule has 1 fully saturated rings. The van der Waals surface area contributed by atoms with Gasteiger partial charge >= 0.3 is 0 Å². The first-order valence-electron chi connectivity index (χ1n) is 25.0. The van der Waals surface area contributed by atoms with Crippen molar-refractivity contribution in [3.63, 3.8) is 0 Å². The van der Waals surface area contributed by atoms with Gasteiger partial charge in [0.2, 0.25) is 23.6 Å². The van der Waals surface area contributed by atoms with Crippen LogP contribution in [-0.2, 0) is 19.2 Å². The van der Waals surface area contributed by atoms with Gasteiger partial charge in [0.1, 0.15) is 82.0 Å². The van der Waals surface area contributed by atoms with Crippen LogP contribution in [-0.4, -0.2) is 131 Å². The lowest BCUT2D eigenvalue weighted by Crippen LogP contribution is -2.54. The molecule has 5 atom stereocenters. The van der Waals surface area contributed by atoms with Gasteiger partial charge in [-0.05, 0) is 43.7 Å². The zero-order valence-corrected chi connectivity index (χ0v) is 48.5. The van der Waals surface area contributed by atoms with Gasteiger partial charge in [0.25, 0.3) is 23.6 Å². The van der Waals surface area contributed by atoms with Crippen molar-refractivity contribution in [1.82, 2.24) is 71.7 Å². The Morgan fingerprint density at radius 1 is 0.713 bits per heavy atom. The highest BCUT2D eigenvalue weighted by molar-refractivity contribution is 7.15. The molecule has 80 heavy (non-hydrogen) atoms. The van der Waals surface area contributed by atoms with Crippen molar-refractivity contribution in [2.45, 2.75) is 84.1 Å². The number of carbonyl (C=O) groups is 8. The lowest BCUT2D eigenvalue weighted by molar-refractivity contribution is -0.139. The fourth-order valence-corrected chi connectivity index (χ4v) is 14.1. The quantitative estimate of drug-likeness (QED) is 0.0923. The first-order valence-corrected chi connectivity index (χ1v) is 30.2. The lowest BCUT2D eigenvalue weighted by atomic mass is 10.0. The van der Waals surface area contributed by atoms with Crippen molar-refractivity contribution in [2.24, 2.45) is 17.6 Å². The van der Waals surface area contributed by atoms with Gasteiger partial charge in [-0.15, -0.1) is 68.0 Å². The first kappa shape index (κ1) is 57.3. The van der Waals surface area contributed by atoms with E-state index in [4.69, 9.17) is 25.7 Å². The summed E-state index contributed by atoms with van der Waals surface area (Å²) < 4.78 is 0. The second kappa shape index (κ2) is 24.6. The third-order valence-corrected chi connectivity index (χ3v) is 18.4. The SMILES string of the molecule is CNC(=O)CC1NC(=O)c2csc(n2)-c2ccc(-c3nc(C(=O)N[C@@H](CO)C(=O)N4CCC[C@H]4C(N)=O)cs3)nc2-c2csc(n2)-c2csc(n2)C(C(C)C)NC(=O)CNC(=O)c2csc(n2)C(C(C)C)NC(=O)c2nc1sc2C. The van der Waals surface area contributed by atoms with Crippen molar-refractivity contribution < 1.29 is 43.5 Å². The molecule has 9 N–H and O–H groups in total. The molecule has 0 spiro atoms. The Morgan fingerprint density at radius 2 is 1.35 bits per heavy atom. The van der Waals surface area contributed by atoms with Crippen LogP contribution in [0.4, 0.5) is 0 Å². The summed E-state index contributed by atoms with van der Waals surface area (Å²) in [6.45, 7) is 8.52. The highest BCUT2D eigenvalue weighted by Crippen LogP contribution is 2.39. The van der Waals surface area contributed by atoms with Gasteiger partial charge in [-0.1, -0.05) is 27.7 Å². The van der Waals surface area contributed by atoms with E-state index in [0.29, 0.717) is 76.1 Å². The van der Waals surface area contributed by atoms with Crippen LogP contribution < -0.4 is 37.6 Å². The minimum atomic E-state index is -1.36. The molecule has 1 saturated heterocycles. The lowest BCUT2D eigenvalue weighted by Gasteiger charge is -2.26. The van der Waals surface area contributed by atoms with Crippen molar-refractivity contribution in [3.05, 3.63) is 81.7 Å². The molecule has 9 heterocycles. The van der Waals surface area contributed by atoms with Crippen molar-refractivity contribution >= 4 is 115 Å². The molecule has 2 aliphatic rings. The summed E-state index contributed by atoms with van der Waals surface area (Å²) in [6.07, 6.45) is 0.698. The summed E-state index contributed by atoms with van der Waals surface area (Å²) in [4.78, 5) is 142. The highest BCUT2D eigenvalue weighted by Gasteiger charge is 2.37. The van der Waals surface area contributed by atoms with Gasteiger partial charge in [0.15, 0.2) is 0 Å². The maximum atomic E-state index is 14.2. The van der Waals surface area contributed by atoms with Crippen LogP contribution in [0.3, 0.4) is 0 Å². The number of carbonyl (C=O) groups excluding carboxylic acids is 8. The van der Waals surface area contributed by atoms with E-state index in [1.807, 2.05) is 33.1 Å². The summed E-state index contributed by atoms with van der Waals surface area (Å²) in [5.41, 5.74) is 7.67. The molecule has 7 aromatic rings. The van der Waals surface area contributed by atoms with Crippen LogP contribution in [0.25, 0.3) is 43.4 Å². The number of thiazole rings is 6. The Labute approximate surface area is 480 Å². The molecular formula is C50H53N15O9S6. The van der Waals surface area contributed by atoms with E-state index in [0.717, 1.165) is 34.0 Å². The number of aliphatic hydroxyl groups is 1. The number of rotatable bonds is 10. The number of nitrogens with two attached hydrogens (primary N) is 1. The number of nitrogens with zero attached hydrogens (tertiary/aromatic N) is 8. The second-order valence-corrected chi connectivity index (χ2v) is 24.8. The Kier molecular flexibility index (Phi) is 17.6. The summed E-state index contributed by atoms with van der Waals surface area (Å²) >= 11 is 7.20. The molecule has 24 nitrogen and oxygen atoms in total. The highest BCUT2D eigenvalue weighted by atomic mass is 32.1. The van der Waals surface area contributed by atoms with Crippen LogP contribution in [0.1, 0.15) is 127 Å². The Balaban J connectivity index is 1.07. The van der Waals surface area contributed by atoms with Crippen LogP contribution >= 0.6 is 68.0 Å². The second-order valence-electron chi connectivity index (χ2n) is 19.2. The molecule has 9 rings (SSSR count). The number of primary amides is 1. The normalized spacial score (nSPS) is 18.5. The predicted molar refractivity (Wildman–Crippen MR) is 302 cm³/mol. The third kappa shape index (κ3) is 12.5. The average Bonchev–Trinajstić information content (AvgIpc) is 4.31. The topological polar surface area (TPSA) is 348 Å². The summed E-state index contributed by atoms with van der Waals surface area (Å²) in [7, 11) is 1.46. The Hall–Kier alpha value is -7.35. The number of aromatic nitrogens is 7. The van der Waals surface area contributed by atoms with Gasteiger partial charge in [-0.2, -0.15) is 0 Å². The van der Waals surface area contributed by atoms with E-state index < -0.39 is 84.1 Å². The largest absolute Gasteiger partial charge is 0.394 e. The van der Waals surface area contributed by atoms with E-state index in [9.17, 15) is 43.5 Å². The van der Waals surface area contributed by atoms with Crippen molar-refractivity contribution in [1.29, 1.82) is 0 Å². The monoisotopic (exact) mass is 1200 g/mol. The molecular weight excluding hydrogens is 1150 g/mol. The molecule has 418 valence electrons. The molecule has 2 aliphatic heterocycles. The molecule has 0 aliphatic carbocycles. The van der Waals surface area contributed by atoms with Gasteiger partial charge < -0.3 is 47.6 Å². The number of aryl methyl sites for hydroxylation is 1. The number of amides is 8. The molecule has 30 heteroatoms. The number of likely N-dealkylation sites (tertiary alicyclic amines) is 1. The van der Waals surface area contributed by atoms with Gasteiger partial charge in [0.05, 0.1) is 43.4 Å². The van der Waals surface area contributed by atoms with Crippen LogP contribution in [0.2, 0.25) is 0 Å². The zero-order valence-electron chi connectivity index (χ0n) is 43.6. The fourth-order valence-electron chi connectivity index (χ4n) is 8.66. The average molecular weight is 1200 g/mol. The molecule has 3 unspecified atom stereocenters. The number of hydrogen-bond acceptors (Lipinski definition) is 22. The minimum Gasteiger partial charge on any atom is -0.394 e. The standard InChI is InChI=1S/C50H53N15O9S6/c1-20(2)35-48-61-31(19-79-48)46-57-27(15-76-46)38-23(9-10-24(54-38)45-59-30(18-77-45)42(72)56-26(14-66)50(74)65-11-7-8-32(65)39(51)69)44-58-29(17-75-44)41(71)55-25(12-33(67)52-6)47-64-37(22(5)80-47)43(73)63-36(21(3)4)49-60-28(16-78-49)40(70)53-13-34(68)62-35/h9-10,15-21,25-26,32,35-36,66H,7-8,11-14H2,1-6H3,(H2,51,69)(H,52,67)(H,53,70)(H,55,71)(H,56,72)(H,62,68)(H,63,73)/t25?,26-,32-,35?,36?/m0/s1.